The number of likely N-dealkylation sites (tertiary alicyclic amines) is 1. The second kappa shape index (κ2) is 7.58. The van der Waals surface area contributed by atoms with Crippen LogP contribution in [0, 0.1) is 11.3 Å². The maximum atomic E-state index is 9.70. The Morgan fingerprint density at radius 1 is 1.33 bits per heavy atom. The van der Waals surface area contributed by atoms with E-state index in [2.05, 4.69) is 42.2 Å². The molecule has 1 saturated carbocycles. The lowest BCUT2D eigenvalue weighted by Crippen LogP contribution is -2.54. The molecule has 0 radical (unpaired) electrons. The van der Waals surface area contributed by atoms with Crippen molar-refractivity contribution in [2.45, 2.75) is 69.5 Å². The van der Waals surface area contributed by atoms with Gasteiger partial charge in [-0.1, -0.05) is 6.92 Å². The van der Waals surface area contributed by atoms with E-state index in [1.54, 1.807) is 0 Å². The molecule has 120 valence electrons. The van der Waals surface area contributed by atoms with E-state index in [4.69, 9.17) is 0 Å². The van der Waals surface area contributed by atoms with E-state index in [0.29, 0.717) is 12.1 Å². The lowest BCUT2D eigenvalue weighted by Gasteiger charge is -2.43. The van der Waals surface area contributed by atoms with Gasteiger partial charge in [0, 0.05) is 18.6 Å². The first kappa shape index (κ1) is 16.7. The number of hydrogen-bond donors (Lipinski definition) is 1. The highest BCUT2D eigenvalue weighted by Crippen LogP contribution is 2.34. The van der Waals surface area contributed by atoms with Crippen molar-refractivity contribution in [3.05, 3.63) is 0 Å². The van der Waals surface area contributed by atoms with Gasteiger partial charge in [0.2, 0.25) is 0 Å². The molecule has 2 rings (SSSR count). The average Bonchev–Trinajstić information content (AvgIpc) is 2.93. The number of nitrogens with one attached hydrogen (secondary N) is 1. The quantitative estimate of drug-likeness (QED) is 0.815. The van der Waals surface area contributed by atoms with Crippen LogP contribution in [0.3, 0.4) is 0 Å². The van der Waals surface area contributed by atoms with Gasteiger partial charge in [-0.05, 0) is 72.1 Å². The monoisotopic (exact) mass is 292 g/mol. The topological polar surface area (TPSA) is 42.3 Å². The predicted octanol–water partition coefficient (Wildman–Crippen LogP) is 2.22. The van der Waals surface area contributed by atoms with Gasteiger partial charge in [0.1, 0.15) is 5.54 Å². The molecule has 1 aliphatic carbocycles. The van der Waals surface area contributed by atoms with E-state index in [1.165, 1.54) is 32.2 Å². The smallest absolute Gasteiger partial charge is 0.108 e. The molecule has 1 aliphatic heterocycles. The van der Waals surface area contributed by atoms with Gasteiger partial charge in [-0.2, -0.15) is 5.26 Å². The van der Waals surface area contributed by atoms with Crippen LogP contribution in [0.1, 0.15) is 51.9 Å². The predicted molar refractivity (Wildman–Crippen MR) is 87.2 cm³/mol. The normalized spacial score (nSPS) is 34.2. The van der Waals surface area contributed by atoms with Crippen LogP contribution < -0.4 is 5.32 Å². The third-order valence-corrected chi connectivity index (χ3v) is 5.12. The minimum Gasteiger partial charge on any atom is -0.308 e. The molecule has 4 heteroatoms. The summed E-state index contributed by atoms with van der Waals surface area (Å²) in [7, 11) is 4.33. The fourth-order valence-corrected chi connectivity index (χ4v) is 4.15. The third-order valence-electron chi connectivity index (χ3n) is 5.12. The van der Waals surface area contributed by atoms with Crippen LogP contribution in [0.15, 0.2) is 0 Å². The molecule has 0 amide bonds. The van der Waals surface area contributed by atoms with Gasteiger partial charge in [0.25, 0.3) is 0 Å². The molecule has 3 unspecified atom stereocenters. The van der Waals surface area contributed by atoms with Gasteiger partial charge in [-0.3, -0.25) is 10.2 Å². The fraction of sp³-hybridized carbons (Fsp3) is 0.941. The zero-order valence-corrected chi connectivity index (χ0v) is 14.1. The molecule has 1 N–H and O–H groups in total. The molecule has 4 nitrogen and oxygen atoms in total. The van der Waals surface area contributed by atoms with E-state index < -0.39 is 0 Å². The first-order valence-electron chi connectivity index (χ1n) is 8.67. The standard InChI is InChI=1S/C17H32N4/c1-4-10-19-17(14-18)9-5-7-15(12-17)21-11-6-8-16(21)13-20(2)3/h15-16,19H,4-13H2,1-3H3. The lowest BCUT2D eigenvalue weighted by atomic mass is 9.79. The molecule has 1 heterocycles. The summed E-state index contributed by atoms with van der Waals surface area (Å²) in [5.74, 6) is 0. The Hall–Kier alpha value is -0.630. The summed E-state index contributed by atoms with van der Waals surface area (Å²) in [6.45, 7) is 5.50. The fourth-order valence-electron chi connectivity index (χ4n) is 4.15. The summed E-state index contributed by atoms with van der Waals surface area (Å²) in [5, 5.41) is 13.2. The molecule has 0 aromatic carbocycles. The minimum atomic E-state index is -0.274. The van der Waals surface area contributed by atoms with E-state index in [0.717, 1.165) is 32.4 Å². The Labute approximate surface area is 130 Å². The van der Waals surface area contributed by atoms with Crippen molar-refractivity contribution < 1.29 is 0 Å². The number of likely N-dealkylation sites (N-methyl/N-ethyl adjacent to an activating group) is 1. The Balaban J connectivity index is 2.01. The lowest BCUT2D eigenvalue weighted by molar-refractivity contribution is 0.0961. The van der Waals surface area contributed by atoms with Crippen molar-refractivity contribution in [1.82, 2.24) is 15.1 Å². The number of hydrogen-bond acceptors (Lipinski definition) is 4. The van der Waals surface area contributed by atoms with Crippen molar-refractivity contribution >= 4 is 0 Å². The van der Waals surface area contributed by atoms with Crippen LogP contribution in [-0.2, 0) is 0 Å². The van der Waals surface area contributed by atoms with Gasteiger partial charge < -0.3 is 4.90 Å². The van der Waals surface area contributed by atoms with Crippen molar-refractivity contribution in [3.63, 3.8) is 0 Å². The summed E-state index contributed by atoms with van der Waals surface area (Å²) < 4.78 is 0. The zero-order valence-electron chi connectivity index (χ0n) is 14.1. The summed E-state index contributed by atoms with van der Waals surface area (Å²) in [5.41, 5.74) is -0.274. The summed E-state index contributed by atoms with van der Waals surface area (Å²) in [6.07, 6.45) is 8.20. The van der Waals surface area contributed by atoms with E-state index in [9.17, 15) is 5.26 Å². The maximum absolute atomic E-state index is 9.70. The highest BCUT2D eigenvalue weighted by Gasteiger charge is 2.41. The van der Waals surface area contributed by atoms with E-state index >= 15 is 0 Å². The van der Waals surface area contributed by atoms with Crippen molar-refractivity contribution in [2.24, 2.45) is 0 Å². The Morgan fingerprint density at radius 2 is 2.14 bits per heavy atom. The molecule has 0 aromatic heterocycles. The van der Waals surface area contributed by atoms with Crippen LogP contribution >= 0.6 is 0 Å². The molecule has 3 atom stereocenters. The molecule has 0 bridgehead atoms. The summed E-state index contributed by atoms with van der Waals surface area (Å²) in [6, 6.07) is 3.89. The first-order valence-corrected chi connectivity index (χ1v) is 8.67. The van der Waals surface area contributed by atoms with E-state index in [1.807, 2.05) is 0 Å². The second-order valence-electron chi connectivity index (χ2n) is 7.17. The zero-order chi connectivity index (χ0) is 15.3. The second-order valence-corrected chi connectivity index (χ2v) is 7.17. The summed E-state index contributed by atoms with van der Waals surface area (Å²) in [4.78, 5) is 5.01. The van der Waals surface area contributed by atoms with Gasteiger partial charge in [-0.25, -0.2) is 0 Å². The van der Waals surface area contributed by atoms with Crippen LogP contribution in [0.4, 0.5) is 0 Å². The Kier molecular flexibility index (Phi) is 6.04. The van der Waals surface area contributed by atoms with Crippen LogP contribution in [-0.4, -0.2) is 61.2 Å². The van der Waals surface area contributed by atoms with Gasteiger partial charge in [-0.15, -0.1) is 0 Å². The van der Waals surface area contributed by atoms with Gasteiger partial charge >= 0.3 is 0 Å². The molecular weight excluding hydrogens is 260 g/mol. The third kappa shape index (κ3) is 4.18. The first-order chi connectivity index (χ1) is 10.1. The van der Waals surface area contributed by atoms with Gasteiger partial charge in [0.15, 0.2) is 0 Å². The average molecular weight is 292 g/mol. The number of nitrogens with zero attached hydrogens (tertiary/aromatic N) is 3. The number of nitriles is 1. The Morgan fingerprint density at radius 3 is 2.81 bits per heavy atom. The maximum Gasteiger partial charge on any atom is 0.108 e. The molecule has 2 fully saturated rings. The molecular formula is C17H32N4. The highest BCUT2D eigenvalue weighted by molar-refractivity contribution is 5.11. The SMILES string of the molecule is CCCNC1(C#N)CCCC(N2CCCC2CN(C)C)C1. The van der Waals surface area contributed by atoms with Crippen molar-refractivity contribution in [2.75, 3.05) is 33.7 Å². The molecule has 1 saturated heterocycles. The van der Waals surface area contributed by atoms with Crippen molar-refractivity contribution in [3.8, 4) is 6.07 Å². The molecule has 21 heavy (non-hydrogen) atoms. The van der Waals surface area contributed by atoms with Gasteiger partial charge in [0.05, 0.1) is 6.07 Å². The molecule has 0 aromatic rings. The van der Waals surface area contributed by atoms with Crippen LogP contribution in [0.25, 0.3) is 0 Å². The largest absolute Gasteiger partial charge is 0.308 e. The minimum absolute atomic E-state index is 0.274. The van der Waals surface area contributed by atoms with Crippen molar-refractivity contribution in [1.29, 1.82) is 5.26 Å². The van der Waals surface area contributed by atoms with Crippen LogP contribution in [0.2, 0.25) is 0 Å². The molecule has 2 aliphatic rings. The van der Waals surface area contributed by atoms with Crippen LogP contribution in [0.5, 0.6) is 0 Å². The Bertz CT molecular complexity index is 362. The summed E-state index contributed by atoms with van der Waals surface area (Å²) >= 11 is 0. The highest BCUT2D eigenvalue weighted by atomic mass is 15.2. The molecule has 0 spiro atoms. The van der Waals surface area contributed by atoms with E-state index in [-0.39, 0.29) is 5.54 Å². The number of rotatable bonds is 6.